The number of anilines is 3. The topological polar surface area (TPSA) is 92.2 Å². The predicted octanol–water partition coefficient (Wildman–Crippen LogP) is 2.51. The van der Waals surface area contributed by atoms with E-state index >= 15 is 0 Å². The van der Waals surface area contributed by atoms with Gasteiger partial charge < -0.3 is 15.5 Å². The maximum atomic E-state index is 12.6. The van der Waals surface area contributed by atoms with Crippen molar-refractivity contribution in [1.82, 2.24) is 14.8 Å². The van der Waals surface area contributed by atoms with Gasteiger partial charge >= 0.3 is 0 Å². The Morgan fingerprint density at radius 1 is 1.25 bits per heavy atom. The van der Waals surface area contributed by atoms with Crippen molar-refractivity contribution in [2.45, 2.75) is 20.0 Å². The second-order valence-electron chi connectivity index (χ2n) is 6.45. The number of benzene rings is 1. The molecule has 4 rings (SSSR count). The van der Waals surface area contributed by atoms with Crippen LogP contribution in [-0.2, 0) is 17.9 Å². The van der Waals surface area contributed by atoms with Crippen LogP contribution in [0.5, 0.6) is 0 Å². The smallest absolute Gasteiger partial charge is 0.257 e. The van der Waals surface area contributed by atoms with E-state index in [4.69, 9.17) is 0 Å². The Balaban J connectivity index is 1.60. The largest absolute Gasteiger partial charge is 0.359 e. The number of aryl methyl sites for hydroxylation is 1. The Kier molecular flexibility index (Phi) is 4.76. The third-order valence-electron chi connectivity index (χ3n) is 4.53. The summed E-state index contributed by atoms with van der Waals surface area (Å²) in [4.78, 5) is 31.1. The molecule has 0 fully saturated rings. The number of hydrogen-bond donors (Lipinski definition) is 2. The Labute approximate surface area is 162 Å². The fraction of sp³-hybridized carbons (Fsp3) is 0.200. The average molecular weight is 376 g/mol. The van der Waals surface area contributed by atoms with Crippen molar-refractivity contribution in [3.63, 3.8) is 0 Å². The van der Waals surface area contributed by atoms with E-state index in [0.717, 1.165) is 12.1 Å². The van der Waals surface area contributed by atoms with E-state index in [1.165, 1.54) is 6.20 Å². The first kappa shape index (κ1) is 17.7. The van der Waals surface area contributed by atoms with Crippen LogP contribution < -0.4 is 15.5 Å². The molecule has 3 heterocycles. The molecule has 2 amide bonds. The molecule has 142 valence electrons. The first-order chi connectivity index (χ1) is 13.6. The molecule has 8 heteroatoms. The zero-order chi connectivity index (χ0) is 19.5. The van der Waals surface area contributed by atoms with E-state index < -0.39 is 0 Å². The molecular weight excluding hydrogens is 356 g/mol. The summed E-state index contributed by atoms with van der Waals surface area (Å²) in [5.74, 6) is 0.217. The van der Waals surface area contributed by atoms with Crippen molar-refractivity contribution >= 4 is 29.0 Å². The lowest BCUT2D eigenvalue weighted by Crippen LogP contribution is -2.40. The maximum absolute atomic E-state index is 12.6. The van der Waals surface area contributed by atoms with Crippen molar-refractivity contribution in [2.75, 3.05) is 22.1 Å². The number of carbonyl (C=O) groups excluding carboxylic acids is 2. The summed E-state index contributed by atoms with van der Waals surface area (Å²) >= 11 is 0. The molecule has 1 aliphatic heterocycles. The van der Waals surface area contributed by atoms with Gasteiger partial charge in [-0.3, -0.25) is 14.3 Å². The number of fused-ring (bicyclic) bond motifs is 1. The number of hydrogen-bond acceptors (Lipinski definition) is 5. The minimum atomic E-state index is -0.302. The molecule has 3 aromatic rings. The Bertz CT molecular complexity index is 1010. The third kappa shape index (κ3) is 3.57. The van der Waals surface area contributed by atoms with E-state index in [-0.39, 0.29) is 18.4 Å². The molecule has 1 aliphatic rings. The molecule has 0 atom stereocenters. The van der Waals surface area contributed by atoms with E-state index in [2.05, 4.69) is 20.7 Å². The van der Waals surface area contributed by atoms with Crippen LogP contribution >= 0.6 is 0 Å². The lowest BCUT2D eigenvalue weighted by Gasteiger charge is -2.29. The van der Waals surface area contributed by atoms with Crippen molar-refractivity contribution < 1.29 is 9.59 Å². The Morgan fingerprint density at radius 2 is 2.07 bits per heavy atom. The van der Waals surface area contributed by atoms with Gasteiger partial charge in [-0.1, -0.05) is 30.3 Å². The molecule has 0 bridgehead atoms. The van der Waals surface area contributed by atoms with Crippen LogP contribution in [0, 0.1) is 0 Å². The lowest BCUT2D eigenvalue weighted by atomic mass is 10.1. The van der Waals surface area contributed by atoms with Crippen LogP contribution in [0.1, 0.15) is 22.8 Å². The van der Waals surface area contributed by atoms with Crippen molar-refractivity contribution in [3.8, 4) is 0 Å². The first-order valence-electron chi connectivity index (χ1n) is 9.06. The predicted molar refractivity (Wildman–Crippen MR) is 106 cm³/mol. The van der Waals surface area contributed by atoms with E-state index in [9.17, 15) is 9.59 Å². The Morgan fingerprint density at radius 3 is 2.82 bits per heavy atom. The molecule has 28 heavy (non-hydrogen) atoms. The van der Waals surface area contributed by atoms with Gasteiger partial charge in [0.15, 0.2) is 5.82 Å². The monoisotopic (exact) mass is 376 g/mol. The van der Waals surface area contributed by atoms with Crippen LogP contribution in [0.3, 0.4) is 0 Å². The normalized spacial score (nSPS) is 13.0. The molecule has 0 saturated carbocycles. The summed E-state index contributed by atoms with van der Waals surface area (Å²) in [6, 6.07) is 11.4. The summed E-state index contributed by atoms with van der Waals surface area (Å²) in [7, 11) is 0. The highest BCUT2D eigenvalue weighted by molar-refractivity contribution is 6.07. The number of carbonyl (C=O) groups is 2. The van der Waals surface area contributed by atoms with Gasteiger partial charge in [-0.25, -0.2) is 4.98 Å². The minimum absolute atomic E-state index is 0.0695. The molecule has 2 N–H and O–H groups in total. The minimum Gasteiger partial charge on any atom is -0.359 e. The number of amides is 2. The molecular formula is C20H20N6O2. The SMILES string of the molecule is CCn1cc(NC(=O)c2cnc3c(c2)N(Cc2ccccc2)C(=O)CN3)cn1. The zero-order valence-corrected chi connectivity index (χ0v) is 15.4. The van der Waals surface area contributed by atoms with Gasteiger partial charge in [0.05, 0.1) is 36.2 Å². The van der Waals surface area contributed by atoms with Crippen molar-refractivity contribution in [1.29, 1.82) is 0 Å². The van der Waals surface area contributed by atoms with Gasteiger partial charge in [0.25, 0.3) is 5.91 Å². The van der Waals surface area contributed by atoms with Gasteiger partial charge in [-0.2, -0.15) is 5.10 Å². The van der Waals surface area contributed by atoms with Gasteiger partial charge in [0, 0.05) is 18.9 Å². The van der Waals surface area contributed by atoms with Crippen LogP contribution in [-0.4, -0.2) is 33.1 Å². The van der Waals surface area contributed by atoms with Crippen molar-refractivity contribution in [2.24, 2.45) is 0 Å². The van der Waals surface area contributed by atoms with E-state index in [0.29, 0.717) is 29.3 Å². The number of nitrogens with zero attached hydrogens (tertiary/aromatic N) is 4. The molecule has 2 aromatic heterocycles. The molecule has 0 radical (unpaired) electrons. The lowest BCUT2D eigenvalue weighted by molar-refractivity contribution is -0.117. The zero-order valence-electron chi connectivity index (χ0n) is 15.4. The highest BCUT2D eigenvalue weighted by atomic mass is 16.2. The van der Waals surface area contributed by atoms with Crippen LogP contribution in [0.2, 0.25) is 0 Å². The number of aromatic nitrogens is 3. The quantitative estimate of drug-likeness (QED) is 0.714. The number of pyridine rings is 1. The summed E-state index contributed by atoms with van der Waals surface area (Å²) in [6.07, 6.45) is 4.86. The average Bonchev–Trinajstić information content (AvgIpc) is 3.18. The fourth-order valence-electron chi connectivity index (χ4n) is 3.05. The van der Waals surface area contributed by atoms with Crippen LogP contribution in [0.15, 0.2) is 55.0 Å². The maximum Gasteiger partial charge on any atom is 0.257 e. The third-order valence-corrected chi connectivity index (χ3v) is 4.53. The van der Waals surface area contributed by atoms with Gasteiger partial charge in [0.1, 0.15) is 0 Å². The molecule has 0 aliphatic carbocycles. The molecule has 0 spiro atoms. The molecule has 0 saturated heterocycles. The van der Waals surface area contributed by atoms with E-state index in [1.54, 1.807) is 28.0 Å². The highest BCUT2D eigenvalue weighted by Gasteiger charge is 2.26. The second kappa shape index (κ2) is 7.51. The molecule has 0 unspecified atom stereocenters. The summed E-state index contributed by atoms with van der Waals surface area (Å²) in [5.41, 5.74) is 2.58. The van der Waals surface area contributed by atoms with Crippen LogP contribution in [0.25, 0.3) is 0 Å². The van der Waals surface area contributed by atoms with Gasteiger partial charge in [-0.05, 0) is 18.6 Å². The standard InChI is InChI=1S/C20H20N6O2/c1-2-25-13-16(10-23-25)24-20(28)15-8-17-19(21-9-15)22-11-18(27)26(17)12-14-6-4-3-5-7-14/h3-10,13H,2,11-12H2,1H3,(H,21,22)(H,24,28). The van der Waals surface area contributed by atoms with Crippen molar-refractivity contribution in [3.05, 3.63) is 66.1 Å². The van der Waals surface area contributed by atoms with Crippen LogP contribution in [0.4, 0.5) is 17.2 Å². The second-order valence-corrected chi connectivity index (χ2v) is 6.45. The summed E-state index contributed by atoms with van der Waals surface area (Å²) in [6.45, 7) is 3.29. The Hall–Kier alpha value is -3.68. The highest BCUT2D eigenvalue weighted by Crippen LogP contribution is 2.30. The number of nitrogens with one attached hydrogen (secondary N) is 2. The summed E-state index contributed by atoms with van der Waals surface area (Å²) in [5, 5.41) is 9.96. The van der Waals surface area contributed by atoms with Gasteiger partial charge in [-0.15, -0.1) is 0 Å². The number of rotatable bonds is 5. The van der Waals surface area contributed by atoms with E-state index in [1.807, 2.05) is 37.3 Å². The summed E-state index contributed by atoms with van der Waals surface area (Å²) < 4.78 is 1.73. The first-order valence-corrected chi connectivity index (χ1v) is 9.06. The molecule has 8 nitrogen and oxygen atoms in total. The molecule has 1 aromatic carbocycles. The van der Waals surface area contributed by atoms with Gasteiger partial charge in [0.2, 0.25) is 5.91 Å². The fourth-order valence-corrected chi connectivity index (χ4v) is 3.05.